The van der Waals surface area contributed by atoms with E-state index >= 15 is 0 Å². The Morgan fingerprint density at radius 3 is 2.42 bits per heavy atom. The molecule has 3 rings (SSSR count). The molecule has 26 heavy (non-hydrogen) atoms. The van der Waals surface area contributed by atoms with Crippen molar-refractivity contribution < 1.29 is 8.42 Å². The van der Waals surface area contributed by atoms with Gasteiger partial charge >= 0.3 is 0 Å². The summed E-state index contributed by atoms with van der Waals surface area (Å²) in [5.74, 6) is 0.245. The lowest BCUT2D eigenvalue weighted by atomic mass is 9.95. The van der Waals surface area contributed by atoms with Crippen LogP contribution >= 0.6 is 0 Å². The van der Waals surface area contributed by atoms with Gasteiger partial charge in [-0.25, -0.2) is 8.42 Å². The van der Waals surface area contributed by atoms with E-state index in [1.165, 1.54) is 5.56 Å². The molecule has 0 saturated carbocycles. The average molecular weight is 376 g/mol. The van der Waals surface area contributed by atoms with Crippen molar-refractivity contribution >= 4 is 10.0 Å². The van der Waals surface area contributed by atoms with Crippen LogP contribution in [0.2, 0.25) is 0 Å². The van der Waals surface area contributed by atoms with Gasteiger partial charge in [-0.15, -0.1) is 0 Å². The minimum absolute atomic E-state index is 0.138. The predicted molar refractivity (Wildman–Crippen MR) is 104 cm³/mol. The number of sulfonamides is 1. The summed E-state index contributed by atoms with van der Waals surface area (Å²) in [5.41, 5.74) is 2.55. The molecule has 1 aromatic heterocycles. The molecule has 0 spiro atoms. The van der Waals surface area contributed by atoms with Crippen molar-refractivity contribution in [2.45, 2.75) is 63.8 Å². The van der Waals surface area contributed by atoms with Crippen LogP contribution in [-0.4, -0.2) is 35.6 Å². The Labute approximate surface area is 157 Å². The highest BCUT2D eigenvalue weighted by Crippen LogP contribution is 2.32. The fourth-order valence-electron chi connectivity index (χ4n) is 3.98. The molecule has 0 aliphatic carbocycles. The third kappa shape index (κ3) is 3.58. The van der Waals surface area contributed by atoms with Gasteiger partial charge in [0.05, 0.1) is 11.4 Å². The maximum Gasteiger partial charge on any atom is 0.246 e. The molecule has 1 aromatic carbocycles. The summed E-state index contributed by atoms with van der Waals surface area (Å²) < 4.78 is 30.4. The fourth-order valence-corrected chi connectivity index (χ4v) is 5.86. The molecule has 1 unspecified atom stereocenters. The van der Waals surface area contributed by atoms with Gasteiger partial charge in [0.2, 0.25) is 10.0 Å². The lowest BCUT2D eigenvalue weighted by molar-refractivity contribution is 0.405. The van der Waals surface area contributed by atoms with Crippen LogP contribution in [0.15, 0.2) is 35.2 Å². The zero-order valence-electron chi connectivity index (χ0n) is 16.1. The minimum Gasteiger partial charge on any atom is -0.266 e. The van der Waals surface area contributed by atoms with Crippen LogP contribution in [0.5, 0.6) is 0 Å². The molecule has 6 heteroatoms. The molecule has 1 fully saturated rings. The van der Waals surface area contributed by atoms with Crippen molar-refractivity contribution in [2.75, 3.05) is 13.1 Å². The van der Waals surface area contributed by atoms with Crippen LogP contribution in [0.1, 0.15) is 62.0 Å². The molecule has 1 saturated heterocycles. The number of hydrogen-bond donors (Lipinski definition) is 0. The average Bonchev–Trinajstić information content (AvgIpc) is 2.78. The topological polar surface area (TPSA) is 55.2 Å². The second kappa shape index (κ2) is 7.53. The molecule has 1 aliphatic rings. The summed E-state index contributed by atoms with van der Waals surface area (Å²) in [7, 11) is -3.55. The Morgan fingerprint density at radius 1 is 1.12 bits per heavy atom. The van der Waals surface area contributed by atoms with E-state index in [0.717, 1.165) is 25.0 Å². The van der Waals surface area contributed by atoms with Crippen molar-refractivity contribution in [1.29, 1.82) is 0 Å². The van der Waals surface area contributed by atoms with Crippen molar-refractivity contribution in [1.82, 2.24) is 14.1 Å². The Morgan fingerprint density at radius 2 is 1.81 bits per heavy atom. The fraction of sp³-hybridized carbons (Fsp3) is 0.550. The summed E-state index contributed by atoms with van der Waals surface area (Å²) in [5, 5.41) is 4.48. The van der Waals surface area contributed by atoms with E-state index in [-0.39, 0.29) is 12.0 Å². The molecule has 0 N–H and O–H groups in total. The van der Waals surface area contributed by atoms with Gasteiger partial charge in [0.25, 0.3) is 0 Å². The van der Waals surface area contributed by atoms with E-state index in [2.05, 4.69) is 17.2 Å². The van der Waals surface area contributed by atoms with Crippen LogP contribution < -0.4 is 0 Å². The number of aromatic nitrogens is 2. The van der Waals surface area contributed by atoms with Crippen molar-refractivity contribution in [3.63, 3.8) is 0 Å². The van der Waals surface area contributed by atoms with E-state index in [4.69, 9.17) is 0 Å². The first kappa shape index (κ1) is 19.1. The molecule has 0 amide bonds. The second-order valence-corrected chi connectivity index (χ2v) is 9.38. The maximum atomic E-state index is 13.5. The molecular weight excluding hydrogens is 346 g/mol. The van der Waals surface area contributed by atoms with Crippen molar-refractivity contribution in [3.05, 3.63) is 47.3 Å². The smallest absolute Gasteiger partial charge is 0.246 e. The Hall–Kier alpha value is -1.66. The van der Waals surface area contributed by atoms with Crippen LogP contribution in [0, 0.1) is 13.8 Å². The zero-order chi connectivity index (χ0) is 18.9. The number of nitrogens with zero attached hydrogens (tertiary/aromatic N) is 3. The molecule has 1 atom stereocenters. The highest BCUT2D eigenvalue weighted by atomic mass is 32.2. The summed E-state index contributed by atoms with van der Waals surface area (Å²) in [6.45, 7) is 8.82. The monoisotopic (exact) mass is 375 g/mol. The maximum absolute atomic E-state index is 13.5. The highest BCUT2D eigenvalue weighted by Gasteiger charge is 2.34. The van der Waals surface area contributed by atoms with E-state index in [1.807, 2.05) is 43.7 Å². The zero-order valence-corrected chi connectivity index (χ0v) is 17.0. The molecule has 1 aliphatic heterocycles. The number of rotatable bonds is 4. The first-order valence-electron chi connectivity index (χ1n) is 9.43. The number of aryl methyl sites for hydroxylation is 1. The molecule has 0 radical (unpaired) electrons. The SMILES string of the molecule is Cc1nn(C(C)C)c(C)c1S(=O)(=O)N1CCCCC(c2ccccc2)C1. The molecule has 2 heterocycles. The van der Waals surface area contributed by atoms with Gasteiger partial charge in [0.1, 0.15) is 4.90 Å². The summed E-state index contributed by atoms with van der Waals surface area (Å²) in [4.78, 5) is 0.389. The number of benzene rings is 1. The van der Waals surface area contributed by atoms with Crippen LogP contribution in [0.3, 0.4) is 0 Å². The van der Waals surface area contributed by atoms with Gasteiger partial charge in [-0.05, 0) is 52.0 Å². The van der Waals surface area contributed by atoms with Crippen LogP contribution in [0.4, 0.5) is 0 Å². The molecule has 0 bridgehead atoms. The Balaban J connectivity index is 1.96. The second-order valence-electron chi connectivity index (χ2n) is 7.50. The molecule has 142 valence electrons. The predicted octanol–water partition coefficient (Wildman–Crippen LogP) is 4.04. The van der Waals surface area contributed by atoms with E-state index in [0.29, 0.717) is 23.7 Å². The Bertz CT molecular complexity index is 857. The van der Waals surface area contributed by atoms with Gasteiger partial charge in [-0.2, -0.15) is 9.40 Å². The molecule has 2 aromatic rings. The standard InChI is InChI=1S/C20H29N3O2S/c1-15(2)23-17(4)20(16(3)21-23)26(24,25)22-13-9-8-12-19(14-22)18-10-6-5-7-11-18/h5-7,10-11,15,19H,8-9,12-14H2,1-4H3. The summed E-state index contributed by atoms with van der Waals surface area (Å²) in [6.07, 6.45) is 2.98. The van der Waals surface area contributed by atoms with Gasteiger partial charge in [0.15, 0.2) is 0 Å². The first-order valence-corrected chi connectivity index (χ1v) is 10.9. The Kier molecular flexibility index (Phi) is 5.53. The minimum atomic E-state index is -3.55. The van der Waals surface area contributed by atoms with Gasteiger partial charge in [0, 0.05) is 19.1 Å². The molecular formula is C20H29N3O2S. The number of hydrogen-bond acceptors (Lipinski definition) is 3. The first-order chi connectivity index (χ1) is 12.3. The van der Waals surface area contributed by atoms with Crippen LogP contribution in [-0.2, 0) is 10.0 Å². The lowest BCUT2D eigenvalue weighted by Gasteiger charge is -2.24. The van der Waals surface area contributed by atoms with E-state index in [1.54, 1.807) is 11.2 Å². The van der Waals surface area contributed by atoms with Crippen molar-refractivity contribution in [3.8, 4) is 0 Å². The van der Waals surface area contributed by atoms with Gasteiger partial charge in [-0.1, -0.05) is 36.8 Å². The normalized spacial score (nSPS) is 19.7. The van der Waals surface area contributed by atoms with E-state index < -0.39 is 10.0 Å². The molecule has 5 nitrogen and oxygen atoms in total. The van der Waals surface area contributed by atoms with E-state index in [9.17, 15) is 8.42 Å². The van der Waals surface area contributed by atoms with Crippen molar-refractivity contribution in [2.24, 2.45) is 0 Å². The summed E-state index contributed by atoms with van der Waals surface area (Å²) >= 11 is 0. The largest absolute Gasteiger partial charge is 0.266 e. The third-order valence-electron chi connectivity index (χ3n) is 5.25. The van der Waals surface area contributed by atoms with Gasteiger partial charge < -0.3 is 0 Å². The lowest BCUT2D eigenvalue weighted by Crippen LogP contribution is -2.34. The highest BCUT2D eigenvalue weighted by molar-refractivity contribution is 7.89. The van der Waals surface area contributed by atoms with Crippen LogP contribution in [0.25, 0.3) is 0 Å². The third-order valence-corrected chi connectivity index (χ3v) is 7.37. The van der Waals surface area contributed by atoms with Gasteiger partial charge in [-0.3, -0.25) is 4.68 Å². The quantitative estimate of drug-likeness (QED) is 0.810. The summed E-state index contributed by atoms with van der Waals surface area (Å²) in [6, 6.07) is 10.4.